The quantitative estimate of drug-likeness (QED) is 0.755. The Morgan fingerprint density at radius 1 is 1.21 bits per heavy atom. The average Bonchev–Trinajstić information content (AvgIpc) is 3.34. The number of hydrogen-bond acceptors (Lipinski definition) is 5. The highest BCUT2D eigenvalue weighted by Crippen LogP contribution is 2.31. The van der Waals surface area contributed by atoms with Crippen molar-refractivity contribution in [2.75, 3.05) is 36.4 Å². The number of aromatic nitrogens is 3. The van der Waals surface area contributed by atoms with Crippen molar-refractivity contribution in [2.45, 2.75) is 38.6 Å². The molecular weight excluding hydrogens is 418 g/mol. The van der Waals surface area contributed by atoms with E-state index in [2.05, 4.69) is 25.8 Å². The zero-order chi connectivity index (χ0) is 18.8. The van der Waals surface area contributed by atoms with Gasteiger partial charge in [-0.15, -0.1) is 29.9 Å². The lowest BCUT2D eigenvalue weighted by Crippen LogP contribution is -2.30. The normalized spacial score (nSPS) is 16.8. The van der Waals surface area contributed by atoms with Gasteiger partial charge in [-0.2, -0.15) is 0 Å². The van der Waals surface area contributed by atoms with Crippen molar-refractivity contribution in [3.05, 3.63) is 35.4 Å². The predicted molar refractivity (Wildman–Crippen MR) is 116 cm³/mol. The second-order valence-corrected chi connectivity index (χ2v) is 7.23. The maximum Gasteiger partial charge on any atom is 0.278 e. The molecule has 1 aromatic carbocycles. The van der Waals surface area contributed by atoms with Gasteiger partial charge in [0.2, 0.25) is 0 Å². The number of anilines is 2. The largest absolute Gasteiger partial charge is 0.370 e. The SMILES string of the molecule is Cc1c(C(=O)Nc2c(F)cccc2N2CCCC2)nnn1C1CCNCC1.Cl.Cl. The number of carbonyl (C=O) groups is 1. The van der Waals surface area contributed by atoms with Gasteiger partial charge < -0.3 is 15.5 Å². The first-order chi connectivity index (χ1) is 13.1. The Labute approximate surface area is 182 Å². The summed E-state index contributed by atoms with van der Waals surface area (Å²) in [5.74, 6) is -0.852. The summed E-state index contributed by atoms with van der Waals surface area (Å²) in [6.07, 6.45) is 4.07. The van der Waals surface area contributed by atoms with Crippen molar-refractivity contribution < 1.29 is 9.18 Å². The highest BCUT2D eigenvalue weighted by Gasteiger charge is 2.25. The molecule has 1 amide bonds. The molecule has 10 heteroatoms. The minimum Gasteiger partial charge on any atom is -0.370 e. The highest BCUT2D eigenvalue weighted by atomic mass is 35.5. The van der Waals surface area contributed by atoms with Gasteiger partial charge in [-0.25, -0.2) is 9.07 Å². The van der Waals surface area contributed by atoms with Gasteiger partial charge in [-0.1, -0.05) is 11.3 Å². The fourth-order valence-corrected chi connectivity index (χ4v) is 3.98. The van der Waals surface area contributed by atoms with Gasteiger partial charge in [-0.05, 0) is 57.8 Å². The Balaban J connectivity index is 0.00000150. The Bertz CT molecular complexity index is 834. The molecule has 7 nitrogen and oxygen atoms in total. The second kappa shape index (κ2) is 10.2. The number of carbonyl (C=O) groups excluding carboxylic acids is 1. The minimum absolute atomic E-state index is 0. The van der Waals surface area contributed by atoms with Crippen molar-refractivity contribution in [1.29, 1.82) is 0 Å². The van der Waals surface area contributed by atoms with Crippen LogP contribution in [0.4, 0.5) is 15.8 Å². The van der Waals surface area contributed by atoms with Gasteiger partial charge in [0.25, 0.3) is 5.91 Å². The molecule has 2 fully saturated rings. The molecule has 0 aliphatic carbocycles. The van der Waals surface area contributed by atoms with E-state index in [9.17, 15) is 9.18 Å². The van der Waals surface area contributed by atoms with E-state index in [0.717, 1.165) is 63.2 Å². The summed E-state index contributed by atoms with van der Waals surface area (Å²) in [5.41, 5.74) is 1.92. The van der Waals surface area contributed by atoms with Crippen LogP contribution in [0, 0.1) is 12.7 Å². The van der Waals surface area contributed by atoms with Crippen LogP contribution in [0.2, 0.25) is 0 Å². The highest BCUT2D eigenvalue weighted by molar-refractivity contribution is 6.05. The lowest BCUT2D eigenvalue weighted by atomic mass is 10.1. The molecule has 29 heavy (non-hydrogen) atoms. The van der Waals surface area contributed by atoms with Crippen LogP contribution in [0.1, 0.15) is 47.9 Å². The van der Waals surface area contributed by atoms with Gasteiger partial charge in [0.05, 0.1) is 17.4 Å². The Morgan fingerprint density at radius 3 is 2.59 bits per heavy atom. The summed E-state index contributed by atoms with van der Waals surface area (Å²) in [6.45, 7) is 5.45. The summed E-state index contributed by atoms with van der Waals surface area (Å²) >= 11 is 0. The predicted octanol–water partition coefficient (Wildman–Crippen LogP) is 3.35. The summed E-state index contributed by atoms with van der Waals surface area (Å²) < 4.78 is 16.3. The number of piperidine rings is 1. The molecule has 2 saturated heterocycles. The minimum atomic E-state index is -0.434. The molecule has 2 aliphatic heterocycles. The van der Waals surface area contributed by atoms with Crippen molar-refractivity contribution >= 4 is 42.1 Å². The third-order valence-electron chi connectivity index (χ3n) is 5.47. The van der Waals surface area contributed by atoms with Crippen LogP contribution < -0.4 is 15.5 Å². The number of amides is 1. The van der Waals surface area contributed by atoms with Crippen LogP contribution in [0.3, 0.4) is 0 Å². The lowest BCUT2D eigenvalue weighted by Gasteiger charge is -2.23. The standard InChI is InChI=1S/C19H25FN6O.2ClH/c1-13-17(23-24-26(13)14-7-9-21-10-8-14)19(27)22-18-15(20)5-4-6-16(18)25-11-2-3-12-25;;/h4-6,14,21H,2-3,7-12H2,1H3,(H,22,27);2*1H. The van der Waals surface area contributed by atoms with Gasteiger partial charge in [0.1, 0.15) is 11.5 Å². The van der Waals surface area contributed by atoms with Crippen molar-refractivity contribution in [2.24, 2.45) is 0 Å². The van der Waals surface area contributed by atoms with Gasteiger partial charge in [0, 0.05) is 13.1 Å². The van der Waals surface area contributed by atoms with Crippen molar-refractivity contribution in [3.8, 4) is 0 Å². The third-order valence-corrected chi connectivity index (χ3v) is 5.47. The molecule has 2 aromatic rings. The number of halogens is 3. The first-order valence-corrected chi connectivity index (χ1v) is 9.62. The molecule has 4 rings (SSSR count). The molecule has 2 aliphatic rings. The van der Waals surface area contributed by atoms with E-state index in [1.807, 2.05) is 17.7 Å². The number of nitrogens with zero attached hydrogens (tertiary/aromatic N) is 4. The van der Waals surface area contributed by atoms with Crippen LogP contribution in [0.15, 0.2) is 18.2 Å². The number of nitrogens with one attached hydrogen (secondary N) is 2. The summed E-state index contributed by atoms with van der Waals surface area (Å²) in [6, 6.07) is 5.14. The molecule has 0 spiro atoms. The molecule has 2 N–H and O–H groups in total. The van der Waals surface area contributed by atoms with E-state index in [1.54, 1.807) is 6.07 Å². The van der Waals surface area contributed by atoms with E-state index < -0.39 is 11.7 Å². The molecule has 0 bridgehead atoms. The number of benzene rings is 1. The first-order valence-electron chi connectivity index (χ1n) is 9.62. The van der Waals surface area contributed by atoms with E-state index in [4.69, 9.17) is 0 Å². The molecule has 3 heterocycles. The molecular formula is C19H27Cl2FN6O. The number of hydrogen-bond donors (Lipinski definition) is 2. The molecule has 0 atom stereocenters. The average molecular weight is 445 g/mol. The van der Waals surface area contributed by atoms with Crippen LogP contribution in [-0.4, -0.2) is 47.1 Å². The Kier molecular flexibility index (Phi) is 8.24. The molecule has 1 aromatic heterocycles. The summed E-state index contributed by atoms with van der Waals surface area (Å²) in [5, 5.41) is 14.4. The van der Waals surface area contributed by atoms with Gasteiger partial charge in [-0.3, -0.25) is 4.79 Å². The molecule has 160 valence electrons. The monoisotopic (exact) mass is 444 g/mol. The Morgan fingerprint density at radius 2 is 1.90 bits per heavy atom. The van der Waals surface area contributed by atoms with Crippen LogP contribution in [-0.2, 0) is 0 Å². The van der Waals surface area contributed by atoms with Crippen LogP contribution in [0.25, 0.3) is 0 Å². The van der Waals surface area contributed by atoms with E-state index in [0.29, 0.717) is 0 Å². The summed E-state index contributed by atoms with van der Waals surface area (Å²) in [7, 11) is 0. The maximum absolute atomic E-state index is 14.5. The zero-order valence-corrected chi connectivity index (χ0v) is 18.0. The lowest BCUT2D eigenvalue weighted by molar-refractivity contribution is 0.102. The third kappa shape index (κ3) is 4.82. The molecule has 0 radical (unpaired) electrons. The second-order valence-electron chi connectivity index (χ2n) is 7.23. The number of rotatable bonds is 4. The van der Waals surface area contributed by atoms with Crippen LogP contribution in [0.5, 0.6) is 0 Å². The summed E-state index contributed by atoms with van der Waals surface area (Å²) in [4.78, 5) is 14.9. The first kappa shape index (κ1) is 23.4. The molecule has 0 saturated carbocycles. The van der Waals surface area contributed by atoms with Crippen molar-refractivity contribution in [1.82, 2.24) is 20.3 Å². The van der Waals surface area contributed by atoms with Gasteiger partial charge in [0.15, 0.2) is 5.69 Å². The Hall–Kier alpha value is -1.90. The number of para-hydroxylation sites is 1. The van der Waals surface area contributed by atoms with E-state index in [1.165, 1.54) is 6.07 Å². The maximum atomic E-state index is 14.5. The smallest absolute Gasteiger partial charge is 0.278 e. The van der Waals surface area contributed by atoms with Crippen molar-refractivity contribution in [3.63, 3.8) is 0 Å². The molecule has 0 unspecified atom stereocenters. The topological polar surface area (TPSA) is 75.1 Å². The van der Waals surface area contributed by atoms with E-state index in [-0.39, 0.29) is 42.2 Å². The van der Waals surface area contributed by atoms with Gasteiger partial charge >= 0.3 is 0 Å². The fraction of sp³-hybridized carbons (Fsp3) is 0.526. The van der Waals surface area contributed by atoms with E-state index >= 15 is 0 Å². The van der Waals surface area contributed by atoms with Crippen LogP contribution >= 0.6 is 24.8 Å². The zero-order valence-electron chi connectivity index (χ0n) is 16.4. The fourth-order valence-electron chi connectivity index (χ4n) is 3.98.